The van der Waals surface area contributed by atoms with Gasteiger partial charge in [-0.1, -0.05) is 16.8 Å². The van der Waals surface area contributed by atoms with E-state index in [1.54, 1.807) is 6.92 Å². The summed E-state index contributed by atoms with van der Waals surface area (Å²) in [7, 11) is 0. The molecule has 0 spiro atoms. The monoisotopic (exact) mass is 332 g/mol. The van der Waals surface area contributed by atoms with Crippen molar-refractivity contribution in [2.45, 2.75) is 32.0 Å². The van der Waals surface area contributed by atoms with Crippen molar-refractivity contribution in [1.82, 2.24) is 15.1 Å². The summed E-state index contributed by atoms with van der Waals surface area (Å²) >= 11 is 6.01. The Morgan fingerprint density at radius 2 is 2.18 bits per heavy atom. The first-order chi connectivity index (χ1) is 10.4. The number of pyridine rings is 1. The molecule has 1 unspecified atom stereocenters. The molecule has 5 nitrogen and oxygen atoms in total. The molecule has 0 saturated carbocycles. The van der Waals surface area contributed by atoms with Crippen LogP contribution in [0.5, 0.6) is 0 Å². The molecule has 1 aliphatic rings. The number of hydrogen-bond donors (Lipinski definition) is 0. The summed E-state index contributed by atoms with van der Waals surface area (Å²) in [6, 6.07) is 0.694. The number of rotatable bonds is 2. The molecule has 0 bridgehead atoms. The maximum atomic E-state index is 12.7. The summed E-state index contributed by atoms with van der Waals surface area (Å²) in [5, 5.41) is 3.84. The van der Waals surface area contributed by atoms with E-state index in [1.165, 1.54) is 0 Å². The highest BCUT2D eigenvalue weighted by Gasteiger charge is 2.35. The first kappa shape index (κ1) is 15.1. The third kappa shape index (κ3) is 2.75. The predicted octanol–water partition coefficient (Wildman–Crippen LogP) is 3.79. The van der Waals surface area contributed by atoms with Gasteiger partial charge in [-0.3, -0.25) is 0 Å². The van der Waals surface area contributed by atoms with Gasteiger partial charge in [0.2, 0.25) is 5.89 Å². The van der Waals surface area contributed by atoms with E-state index in [2.05, 4.69) is 15.1 Å². The van der Waals surface area contributed by atoms with Crippen molar-refractivity contribution in [3.8, 4) is 0 Å². The fourth-order valence-electron chi connectivity index (χ4n) is 2.54. The highest BCUT2D eigenvalue weighted by Crippen LogP contribution is 2.39. The molecule has 0 radical (unpaired) electrons. The van der Waals surface area contributed by atoms with Crippen molar-refractivity contribution in [3.05, 3.63) is 34.6 Å². The lowest BCUT2D eigenvalue weighted by Crippen LogP contribution is -2.25. The van der Waals surface area contributed by atoms with Crippen LogP contribution in [0.15, 0.2) is 16.8 Å². The molecule has 0 aromatic carbocycles. The van der Waals surface area contributed by atoms with E-state index in [4.69, 9.17) is 16.1 Å². The summed E-state index contributed by atoms with van der Waals surface area (Å²) < 4.78 is 43.0. The molecular weight excluding hydrogens is 321 g/mol. The van der Waals surface area contributed by atoms with Gasteiger partial charge in [-0.2, -0.15) is 18.2 Å². The molecule has 0 N–H and O–H groups in total. The van der Waals surface area contributed by atoms with Gasteiger partial charge in [-0.15, -0.1) is 0 Å². The molecule has 1 saturated heterocycles. The summed E-state index contributed by atoms with van der Waals surface area (Å²) in [5.41, 5.74) is -0.868. The molecule has 0 aliphatic carbocycles. The van der Waals surface area contributed by atoms with Crippen LogP contribution in [0.1, 0.15) is 36.2 Å². The maximum absolute atomic E-state index is 12.7. The number of aryl methyl sites for hydroxylation is 1. The number of alkyl halides is 3. The van der Waals surface area contributed by atoms with Crippen LogP contribution in [0.4, 0.5) is 19.0 Å². The fraction of sp³-hybridized carbons (Fsp3) is 0.462. The molecular formula is C13H12ClF3N4O. The normalized spacial score (nSPS) is 19.0. The summed E-state index contributed by atoms with van der Waals surface area (Å²) in [6.07, 6.45) is -2.07. The molecule has 0 amide bonds. The minimum absolute atomic E-state index is 0.0399. The quantitative estimate of drug-likeness (QED) is 0.837. The molecule has 1 aliphatic heterocycles. The van der Waals surface area contributed by atoms with Crippen molar-refractivity contribution < 1.29 is 17.7 Å². The largest absolute Gasteiger partial charge is 0.417 e. The van der Waals surface area contributed by atoms with Gasteiger partial charge in [-0.25, -0.2) is 4.98 Å². The molecule has 2 aromatic rings. The summed E-state index contributed by atoms with van der Waals surface area (Å²) in [6.45, 7) is 2.30. The first-order valence-electron chi connectivity index (χ1n) is 6.66. The van der Waals surface area contributed by atoms with Crippen LogP contribution in [0.2, 0.25) is 5.02 Å². The topological polar surface area (TPSA) is 55.1 Å². The lowest BCUT2D eigenvalue weighted by Gasteiger charge is -2.24. The van der Waals surface area contributed by atoms with Crippen molar-refractivity contribution in [3.63, 3.8) is 0 Å². The van der Waals surface area contributed by atoms with Gasteiger partial charge >= 0.3 is 6.18 Å². The second kappa shape index (κ2) is 5.42. The zero-order valence-corrected chi connectivity index (χ0v) is 12.3. The molecule has 1 fully saturated rings. The van der Waals surface area contributed by atoms with E-state index in [0.717, 1.165) is 25.1 Å². The predicted molar refractivity (Wildman–Crippen MR) is 72.6 cm³/mol. The minimum atomic E-state index is -4.47. The third-order valence-corrected chi connectivity index (χ3v) is 3.79. The number of anilines is 1. The number of halogens is 4. The molecule has 1 atom stereocenters. The molecule has 2 aromatic heterocycles. The van der Waals surface area contributed by atoms with E-state index in [-0.39, 0.29) is 11.1 Å². The van der Waals surface area contributed by atoms with Crippen molar-refractivity contribution >= 4 is 17.4 Å². The Labute approximate surface area is 129 Å². The number of nitrogens with zero attached hydrogens (tertiary/aromatic N) is 4. The van der Waals surface area contributed by atoms with Gasteiger partial charge in [-0.05, 0) is 18.9 Å². The average Bonchev–Trinajstić information content (AvgIpc) is 3.06. The van der Waals surface area contributed by atoms with Gasteiger partial charge < -0.3 is 9.42 Å². The van der Waals surface area contributed by atoms with Crippen molar-refractivity contribution in [1.29, 1.82) is 0 Å². The van der Waals surface area contributed by atoms with E-state index in [0.29, 0.717) is 24.1 Å². The Morgan fingerprint density at radius 3 is 2.77 bits per heavy atom. The standard InChI is InChI=1S/C13H12ClF3N4O/c1-7-19-11(20-22-7)10-3-2-4-21(10)12-9(14)5-8(6-18-12)13(15,16)17/h5-6,10H,2-4H2,1H3. The maximum Gasteiger partial charge on any atom is 0.417 e. The first-order valence-corrected chi connectivity index (χ1v) is 7.03. The Hall–Kier alpha value is -1.83. The fourth-order valence-corrected chi connectivity index (χ4v) is 2.81. The smallest absolute Gasteiger partial charge is 0.345 e. The van der Waals surface area contributed by atoms with Crippen LogP contribution in [0.3, 0.4) is 0 Å². The molecule has 3 rings (SSSR count). The van der Waals surface area contributed by atoms with Crippen LogP contribution in [0, 0.1) is 6.92 Å². The van der Waals surface area contributed by atoms with Crippen LogP contribution < -0.4 is 4.90 Å². The van der Waals surface area contributed by atoms with Crippen LogP contribution >= 0.6 is 11.6 Å². The lowest BCUT2D eigenvalue weighted by molar-refractivity contribution is -0.137. The second-order valence-electron chi connectivity index (χ2n) is 5.05. The molecule has 22 heavy (non-hydrogen) atoms. The Kier molecular flexibility index (Phi) is 3.72. The van der Waals surface area contributed by atoms with Crippen LogP contribution in [-0.4, -0.2) is 21.7 Å². The zero-order chi connectivity index (χ0) is 15.9. The van der Waals surface area contributed by atoms with Crippen molar-refractivity contribution in [2.24, 2.45) is 0 Å². The lowest BCUT2D eigenvalue weighted by atomic mass is 10.2. The average molecular weight is 333 g/mol. The second-order valence-corrected chi connectivity index (χ2v) is 5.46. The molecule has 118 valence electrons. The summed E-state index contributed by atoms with van der Waals surface area (Å²) in [4.78, 5) is 9.89. The zero-order valence-electron chi connectivity index (χ0n) is 11.6. The highest BCUT2D eigenvalue weighted by atomic mass is 35.5. The SMILES string of the molecule is Cc1nc(C2CCCN2c2ncc(C(F)(F)F)cc2Cl)no1. The van der Waals surface area contributed by atoms with Crippen molar-refractivity contribution in [2.75, 3.05) is 11.4 Å². The van der Waals surface area contributed by atoms with Gasteiger partial charge in [0, 0.05) is 19.7 Å². The Balaban J connectivity index is 1.93. The van der Waals surface area contributed by atoms with Crippen LogP contribution in [-0.2, 0) is 6.18 Å². The van der Waals surface area contributed by atoms with Gasteiger partial charge in [0.05, 0.1) is 16.6 Å². The van der Waals surface area contributed by atoms with E-state index >= 15 is 0 Å². The Morgan fingerprint density at radius 1 is 1.41 bits per heavy atom. The number of hydrogen-bond acceptors (Lipinski definition) is 5. The van der Waals surface area contributed by atoms with E-state index < -0.39 is 11.7 Å². The summed E-state index contributed by atoms with van der Waals surface area (Å²) in [5.74, 6) is 1.24. The number of aromatic nitrogens is 3. The molecule has 3 heterocycles. The van der Waals surface area contributed by atoms with E-state index in [9.17, 15) is 13.2 Å². The van der Waals surface area contributed by atoms with Crippen LogP contribution in [0.25, 0.3) is 0 Å². The Bertz CT molecular complexity index is 688. The van der Waals surface area contributed by atoms with E-state index in [1.807, 2.05) is 4.90 Å². The van der Waals surface area contributed by atoms with Gasteiger partial charge in [0.25, 0.3) is 0 Å². The van der Waals surface area contributed by atoms with Gasteiger partial charge in [0.1, 0.15) is 5.82 Å². The molecule has 9 heteroatoms. The third-order valence-electron chi connectivity index (χ3n) is 3.52. The highest BCUT2D eigenvalue weighted by molar-refractivity contribution is 6.33. The van der Waals surface area contributed by atoms with Gasteiger partial charge in [0.15, 0.2) is 5.82 Å². The minimum Gasteiger partial charge on any atom is -0.345 e.